The van der Waals surface area contributed by atoms with Gasteiger partial charge in [-0.15, -0.1) is 5.10 Å². The van der Waals surface area contributed by atoms with E-state index in [-0.39, 0.29) is 19.0 Å². The summed E-state index contributed by atoms with van der Waals surface area (Å²) in [5.74, 6) is 0.567. The number of β-amino-alcohol motifs (C(OH)–C–C–N with tert-alkyl or cyclic N) is 1. The predicted octanol–water partition coefficient (Wildman–Crippen LogP) is 3.11. The Kier molecular flexibility index (Phi) is 6.74. The van der Waals surface area contributed by atoms with Crippen molar-refractivity contribution in [1.82, 2.24) is 19.5 Å². The SMILES string of the molecule is OCCN1CCN(c2cc(CO)cc(Nc3nc4ccc(-c5cc(O)ccc5Cl)cn4n3)c2)CC1. The van der Waals surface area contributed by atoms with Crippen LogP contribution in [0.15, 0.2) is 54.7 Å². The molecule has 0 amide bonds. The van der Waals surface area contributed by atoms with E-state index in [9.17, 15) is 15.3 Å². The molecule has 1 saturated heterocycles. The molecule has 2 aromatic carbocycles. The molecule has 0 atom stereocenters. The Morgan fingerprint density at radius 1 is 0.971 bits per heavy atom. The Labute approximate surface area is 207 Å². The Morgan fingerprint density at radius 2 is 1.80 bits per heavy atom. The van der Waals surface area contributed by atoms with Crippen LogP contribution < -0.4 is 10.2 Å². The van der Waals surface area contributed by atoms with E-state index in [0.717, 1.165) is 48.7 Å². The molecule has 0 bridgehead atoms. The molecule has 0 saturated carbocycles. The minimum absolute atomic E-state index is 0.0698. The summed E-state index contributed by atoms with van der Waals surface area (Å²) in [5.41, 5.74) is 4.78. The molecule has 0 spiro atoms. The van der Waals surface area contributed by atoms with Gasteiger partial charge in [0.05, 0.1) is 13.2 Å². The summed E-state index contributed by atoms with van der Waals surface area (Å²) in [5, 5.41) is 37.2. The highest BCUT2D eigenvalue weighted by atomic mass is 35.5. The number of pyridine rings is 1. The molecule has 10 heteroatoms. The number of rotatable bonds is 7. The highest BCUT2D eigenvalue weighted by Gasteiger charge is 2.18. The van der Waals surface area contributed by atoms with Crippen molar-refractivity contribution >= 4 is 34.6 Å². The number of aliphatic hydroxyl groups is 2. The lowest BCUT2D eigenvalue weighted by Crippen LogP contribution is -2.47. The van der Waals surface area contributed by atoms with Gasteiger partial charge in [0.15, 0.2) is 5.65 Å². The average Bonchev–Trinajstić information content (AvgIpc) is 3.27. The quantitative estimate of drug-likeness (QED) is 0.310. The second-order valence-corrected chi connectivity index (χ2v) is 8.95. The highest BCUT2D eigenvalue weighted by Crippen LogP contribution is 2.31. The maximum absolute atomic E-state index is 9.84. The summed E-state index contributed by atoms with van der Waals surface area (Å²) >= 11 is 6.32. The average molecular weight is 495 g/mol. The van der Waals surface area contributed by atoms with Gasteiger partial charge in [-0.25, -0.2) is 4.52 Å². The van der Waals surface area contributed by atoms with E-state index in [0.29, 0.717) is 28.7 Å². The van der Waals surface area contributed by atoms with Crippen molar-refractivity contribution in [1.29, 1.82) is 0 Å². The lowest BCUT2D eigenvalue weighted by atomic mass is 10.1. The number of phenolic OH excluding ortho intramolecular Hbond substituents is 1. The van der Waals surface area contributed by atoms with Crippen molar-refractivity contribution in [3.05, 3.63) is 65.3 Å². The van der Waals surface area contributed by atoms with E-state index >= 15 is 0 Å². The molecule has 1 fully saturated rings. The van der Waals surface area contributed by atoms with Gasteiger partial charge in [0.1, 0.15) is 5.75 Å². The van der Waals surface area contributed by atoms with Crippen LogP contribution >= 0.6 is 11.6 Å². The summed E-state index contributed by atoms with van der Waals surface area (Å²) in [6.45, 7) is 4.25. The normalized spacial score (nSPS) is 14.5. The zero-order valence-corrected chi connectivity index (χ0v) is 19.9. The topological polar surface area (TPSA) is 109 Å². The molecular weight excluding hydrogens is 468 g/mol. The molecule has 0 unspecified atom stereocenters. The first kappa shape index (κ1) is 23.4. The smallest absolute Gasteiger partial charge is 0.247 e. The number of phenols is 1. The van der Waals surface area contributed by atoms with E-state index < -0.39 is 0 Å². The van der Waals surface area contributed by atoms with Crippen LogP contribution in [-0.2, 0) is 6.61 Å². The van der Waals surface area contributed by atoms with E-state index in [4.69, 9.17) is 11.6 Å². The lowest BCUT2D eigenvalue weighted by molar-refractivity contribution is 0.189. The number of nitrogens with zero attached hydrogens (tertiary/aromatic N) is 5. The molecular formula is C25H27ClN6O3. The van der Waals surface area contributed by atoms with Crippen molar-refractivity contribution in [2.24, 2.45) is 0 Å². The number of aromatic nitrogens is 3. The third-order valence-electron chi connectivity index (χ3n) is 6.16. The number of benzene rings is 2. The van der Waals surface area contributed by atoms with Crippen molar-refractivity contribution in [3.63, 3.8) is 0 Å². The Morgan fingerprint density at radius 3 is 2.57 bits per heavy atom. The van der Waals surface area contributed by atoms with Crippen molar-refractivity contribution < 1.29 is 15.3 Å². The van der Waals surface area contributed by atoms with Crippen molar-refractivity contribution in [3.8, 4) is 16.9 Å². The minimum atomic E-state index is -0.0698. The summed E-state index contributed by atoms with van der Waals surface area (Å²) in [6.07, 6.45) is 1.82. The minimum Gasteiger partial charge on any atom is -0.508 e. The molecule has 9 nitrogen and oxygen atoms in total. The van der Waals surface area contributed by atoms with Crippen LogP contribution in [0.2, 0.25) is 5.02 Å². The van der Waals surface area contributed by atoms with Crippen molar-refractivity contribution in [2.75, 3.05) is 49.5 Å². The first-order valence-electron chi connectivity index (χ1n) is 11.5. The number of hydrogen-bond donors (Lipinski definition) is 4. The molecule has 4 N–H and O–H groups in total. The van der Waals surface area contributed by atoms with Crippen LogP contribution in [0.25, 0.3) is 16.8 Å². The largest absolute Gasteiger partial charge is 0.508 e. The zero-order valence-electron chi connectivity index (χ0n) is 19.1. The zero-order chi connectivity index (χ0) is 24.4. The standard InChI is InChI=1S/C25H27ClN6O3/c26-23-3-2-21(35)14-22(23)18-1-4-24-28-25(29-32(24)15-18)27-19-11-17(16-34)12-20(13-19)31-7-5-30(6-8-31)9-10-33/h1-4,11-15,33-35H,5-10,16H2,(H,27,29). The molecule has 0 radical (unpaired) electrons. The molecule has 1 aliphatic heterocycles. The van der Waals surface area contributed by atoms with Crippen LogP contribution in [0.4, 0.5) is 17.3 Å². The number of halogens is 1. The third kappa shape index (κ3) is 5.18. The number of aliphatic hydroxyl groups excluding tert-OH is 2. The number of hydrogen-bond acceptors (Lipinski definition) is 8. The van der Waals surface area contributed by atoms with Crippen LogP contribution in [0.5, 0.6) is 5.75 Å². The summed E-state index contributed by atoms with van der Waals surface area (Å²) in [6, 6.07) is 14.5. The summed E-state index contributed by atoms with van der Waals surface area (Å²) in [4.78, 5) is 9.08. The van der Waals surface area contributed by atoms with Crippen molar-refractivity contribution in [2.45, 2.75) is 6.61 Å². The van der Waals surface area contributed by atoms with E-state index in [1.807, 2.05) is 36.5 Å². The first-order valence-corrected chi connectivity index (χ1v) is 11.9. The summed E-state index contributed by atoms with van der Waals surface area (Å²) < 4.78 is 1.66. The van der Waals surface area contributed by atoms with E-state index in [2.05, 4.69) is 25.2 Å². The van der Waals surface area contributed by atoms with Gasteiger partial charge in [-0.2, -0.15) is 4.98 Å². The molecule has 3 heterocycles. The number of fused-ring (bicyclic) bond motifs is 1. The van der Waals surface area contributed by atoms with Crippen LogP contribution in [0, 0.1) is 0 Å². The first-order chi connectivity index (χ1) is 17.0. The van der Waals surface area contributed by atoms with Gasteiger partial charge in [-0.1, -0.05) is 11.6 Å². The van der Waals surface area contributed by atoms with Gasteiger partial charge >= 0.3 is 0 Å². The van der Waals surface area contributed by atoms with Gasteiger partial charge in [-0.3, -0.25) is 4.90 Å². The fraction of sp³-hybridized carbons (Fsp3) is 0.280. The molecule has 4 aromatic rings. The van der Waals surface area contributed by atoms with Crippen LogP contribution in [0.1, 0.15) is 5.56 Å². The van der Waals surface area contributed by atoms with E-state index in [1.165, 1.54) is 0 Å². The lowest BCUT2D eigenvalue weighted by Gasteiger charge is -2.36. The number of piperazine rings is 1. The maximum Gasteiger partial charge on any atom is 0.247 e. The maximum atomic E-state index is 9.84. The second-order valence-electron chi connectivity index (χ2n) is 8.54. The molecule has 2 aromatic heterocycles. The summed E-state index contributed by atoms with van der Waals surface area (Å²) in [7, 11) is 0. The van der Waals surface area contributed by atoms with Gasteiger partial charge in [0, 0.05) is 66.4 Å². The molecule has 182 valence electrons. The number of anilines is 3. The third-order valence-corrected chi connectivity index (χ3v) is 6.49. The molecule has 0 aliphatic carbocycles. The second kappa shape index (κ2) is 10.1. The fourth-order valence-corrected chi connectivity index (χ4v) is 4.58. The molecule has 1 aliphatic rings. The molecule has 5 rings (SSSR count). The number of aromatic hydroxyl groups is 1. The van der Waals surface area contributed by atoms with Crippen LogP contribution in [0.3, 0.4) is 0 Å². The van der Waals surface area contributed by atoms with Crippen LogP contribution in [-0.4, -0.2) is 74.1 Å². The Balaban J connectivity index is 1.38. The van der Waals surface area contributed by atoms with Gasteiger partial charge < -0.3 is 25.5 Å². The number of nitrogens with one attached hydrogen (secondary N) is 1. The van der Waals surface area contributed by atoms with Gasteiger partial charge in [-0.05, 0) is 54.1 Å². The predicted molar refractivity (Wildman–Crippen MR) is 136 cm³/mol. The van der Waals surface area contributed by atoms with Gasteiger partial charge in [0.2, 0.25) is 5.95 Å². The fourth-order valence-electron chi connectivity index (χ4n) is 4.35. The Bertz CT molecular complexity index is 1340. The van der Waals surface area contributed by atoms with Gasteiger partial charge in [0.25, 0.3) is 0 Å². The molecule has 35 heavy (non-hydrogen) atoms. The highest BCUT2D eigenvalue weighted by molar-refractivity contribution is 6.33. The Hall–Kier alpha value is -3.37. The monoisotopic (exact) mass is 494 g/mol. The van der Waals surface area contributed by atoms with E-state index in [1.54, 1.807) is 22.7 Å².